The van der Waals surface area contributed by atoms with E-state index in [4.69, 9.17) is 5.73 Å². The van der Waals surface area contributed by atoms with Gasteiger partial charge in [-0.3, -0.25) is 4.79 Å². The van der Waals surface area contributed by atoms with Crippen molar-refractivity contribution in [3.8, 4) is 0 Å². The fourth-order valence-electron chi connectivity index (χ4n) is 1.78. The van der Waals surface area contributed by atoms with Gasteiger partial charge < -0.3 is 5.73 Å². The Labute approximate surface area is 119 Å². The lowest BCUT2D eigenvalue weighted by atomic mass is 9.99. The summed E-state index contributed by atoms with van der Waals surface area (Å²) in [6.45, 7) is 3.93. The van der Waals surface area contributed by atoms with Crippen molar-refractivity contribution in [1.29, 1.82) is 0 Å². The molecular weight excluding hydrogens is 309 g/mol. The molecule has 0 radical (unpaired) electrons. The van der Waals surface area contributed by atoms with E-state index in [2.05, 4.69) is 15.9 Å². The van der Waals surface area contributed by atoms with Crippen LogP contribution in [0.3, 0.4) is 0 Å². The summed E-state index contributed by atoms with van der Waals surface area (Å²) in [5, 5.41) is 0. The lowest BCUT2D eigenvalue weighted by Crippen LogP contribution is -2.05. The quantitative estimate of drug-likeness (QED) is 0.670. The van der Waals surface area contributed by atoms with Crippen LogP contribution in [0.15, 0.2) is 34.8 Å². The van der Waals surface area contributed by atoms with Gasteiger partial charge in [0.05, 0.1) is 5.69 Å². The molecule has 0 spiro atoms. The molecule has 2 aromatic rings. The zero-order chi connectivity index (χ0) is 14.2. The largest absolute Gasteiger partial charge is 0.396 e. The Morgan fingerprint density at radius 3 is 2.47 bits per heavy atom. The summed E-state index contributed by atoms with van der Waals surface area (Å²) in [6.07, 6.45) is 0. The average molecular weight is 322 g/mol. The SMILES string of the molecule is Cc1ccc(C(=O)c2cc(N)c(F)cc2Br)cc1C. The number of benzene rings is 2. The lowest BCUT2D eigenvalue weighted by Gasteiger charge is -2.08. The van der Waals surface area contributed by atoms with Crippen molar-refractivity contribution in [2.75, 3.05) is 5.73 Å². The minimum atomic E-state index is -0.538. The van der Waals surface area contributed by atoms with Gasteiger partial charge in [0.1, 0.15) is 5.82 Å². The maximum atomic E-state index is 13.3. The molecule has 2 aromatic carbocycles. The molecule has 2 rings (SSSR count). The second kappa shape index (κ2) is 5.13. The Balaban J connectivity index is 2.49. The van der Waals surface area contributed by atoms with E-state index in [0.29, 0.717) is 15.6 Å². The van der Waals surface area contributed by atoms with Crippen molar-refractivity contribution in [2.45, 2.75) is 13.8 Å². The minimum Gasteiger partial charge on any atom is -0.396 e. The molecular formula is C15H13BrFNO. The molecule has 0 bridgehead atoms. The van der Waals surface area contributed by atoms with Gasteiger partial charge in [0.15, 0.2) is 5.78 Å². The molecule has 0 heterocycles. The molecule has 0 atom stereocenters. The molecule has 98 valence electrons. The Hall–Kier alpha value is -1.68. The Morgan fingerprint density at radius 2 is 1.84 bits per heavy atom. The van der Waals surface area contributed by atoms with Crippen LogP contribution in [0, 0.1) is 19.7 Å². The minimum absolute atomic E-state index is 0.0321. The normalized spacial score (nSPS) is 10.5. The molecule has 0 saturated carbocycles. The number of anilines is 1. The highest BCUT2D eigenvalue weighted by Gasteiger charge is 2.15. The Bertz CT molecular complexity index is 667. The maximum absolute atomic E-state index is 13.3. The molecule has 0 aromatic heterocycles. The van der Waals surface area contributed by atoms with Crippen molar-refractivity contribution in [3.05, 3.63) is 62.9 Å². The third-order valence-corrected chi connectivity index (χ3v) is 3.76. The smallest absolute Gasteiger partial charge is 0.194 e. The molecule has 0 aliphatic carbocycles. The summed E-state index contributed by atoms with van der Waals surface area (Å²) in [7, 11) is 0. The standard InChI is InChI=1S/C15H13BrFNO/c1-8-3-4-10(5-9(8)2)15(19)11-6-14(18)13(17)7-12(11)16/h3-7H,18H2,1-2H3. The zero-order valence-corrected chi connectivity index (χ0v) is 12.2. The first-order valence-corrected chi connectivity index (χ1v) is 6.56. The van der Waals surface area contributed by atoms with Gasteiger partial charge in [0, 0.05) is 15.6 Å². The molecule has 2 N–H and O–H groups in total. The van der Waals surface area contributed by atoms with Crippen LogP contribution in [-0.2, 0) is 0 Å². The summed E-state index contributed by atoms with van der Waals surface area (Å²) in [6, 6.07) is 8.05. The third kappa shape index (κ3) is 2.68. The Kier molecular flexibility index (Phi) is 3.71. The topological polar surface area (TPSA) is 43.1 Å². The van der Waals surface area contributed by atoms with Crippen LogP contribution in [0.5, 0.6) is 0 Å². The van der Waals surface area contributed by atoms with Crippen LogP contribution in [-0.4, -0.2) is 5.78 Å². The summed E-state index contributed by atoms with van der Waals surface area (Å²) >= 11 is 3.20. The molecule has 4 heteroatoms. The van der Waals surface area contributed by atoms with Gasteiger partial charge in [-0.1, -0.05) is 12.1 Å². The highest BCUT2D eigenvalue weighted by atomic mass is 79.9. The van der Waals surface area contributed by atoms with E-state index in [9.17, 15) is 9.18 Å². The summed E-state index contributed by atoms with van der Waals surface area (Å²) < 4.78 is 13.7. The van der Waals surface area contributed by atoms with E-state index in [0.717, 1.165) is 11.1 Å². The second-order valence-corrected chi connectivity index (χ2v) is 5.34. The van der Waals surface area contributed by atoms with E-state index in [-0.39, 0.29) is 11.5 Å². The first-order chi connectivity index (χ1) is 8.90. The van der Waals surface area contributed by atoms with Crippen molar-refractivity contribution in [3.63, 3.8) is 0 Å². The van der Waals surface area contributed by atoms with Gasteiger partial charge in [-0.15, -0.1) is 0 Å². The highest BCUT2D eigenvalue weighted by Crippen LogP contribution is 2.25. The van der Waals surface area contributed by atoms with E-state index < -0.39 is 5.82 Å². The summed E-state index contributed by atoms with van der Waals surface area (Å²) in [5.74, 6) is -0.717. The van der Waals surface area contributed by atoms with Gasteiger partial charge >= 0.3 is 0 Å². The number of aryl methyl sites for hydroxylation is 2. The van der Waals surface area contributed by atoms with Crippen LogP contribution in [0.2, 0.25) is 0 Å². The van der Waals surface area contributed by atoms with Crippen LogP contribution in [0.25, 0.3) is 0 Å². The second-order valence-electron chi connectivity index (χ2n) is 4.48. The maximum Gasteiger partial charge on any atom is 0.194 e. The number of nitrogens with two attached hydrogens (primary N) is 1. The van der Waals surface area contributed by atoms with Crippen LogP contribution in [0.1, 0.15) is 27.0 Å². The monoisotopic (exact) mass is 321 g/mol. The van der Waals surface area contributed by atoms with Gasteiger partial charge in [0.2, 0.25) is 0 Å². The Morgan fingerprint density at radius 1 is 1.16 bits per heavy atom. The van der Waals surface area contributed by atoms with Crippen molar-refractivity contribution in [2.24, 2.45) is 0 Å². The van der Waals surface area contributed by atoms with E-state index in [1.807, 2.05) is 26.0 Å². The fourth-order valence-corrected chi connectivity index (χ4v) is 2.27. The molecule has 2 nitrogen and oxygen atoms in total. The molecule has 0 fully saturated rings. The first-order valence-electron chi connectivity index (χ1n) is 5.76. The number of carbonyl (C=O) groups excluding carboxylic acids is 1. The van der Waals surface area contributed by atoms with E-state index in [1.54, 1.807) is 6.07 Å². The van der Waals surface area contributed by atoms with E-state index in [1.165, 1.54) is 12.1 Å². The number of carbonyl (C=O) groups is 1. The van der Waals surface area contributed by atoms with Crippen LogP contribution in [0.4, 0.5) is 10.1 Å². The third-order valence-electron chi connectivity index (χ3n) is 3.10. The van der Waals surface area contributed by atoms with Crippen LogP contribution < -0.4 is 5.73 Å². The predicted octanol–water partition coefficient (Wildman–Crippen LogP) is 4.02. The highest BCUT2D eigenvalue weighted by molar-refractivity contribution is 9.10. The first kappa shape index (κ1) is 13.7. The van der Waals surface area contributed by atoms with E-state index >= 15 is 0 Å². The zero-order valence-electron chi connectivity index (χ0n) is 10.6. The average Bonchev–Trinajstić information content (AvgIpc) is 2.36. The molecule has 19 heavy (non-hydrogen) atoms. The molecule has 0 amide bonds. The number of halogens is 2. The molecule has 0 saturated heterocycles. The van der Waals surface area contributed by atoms with Crippen molar-refractivity contribution < 1.29 is 9.18 Å². The van der Waals surface area contributed by atoms with Gasteiger partial charge in [-0.25, -0.2) is 4.39 Å². The number of hydrogen-bond acceptors (Lipinski definition) is 2. The number of hydrogen-bond donors (Lipinski definition) is 1. The molecule has 0 aliphatic rings. The fraction of sp³-hybridized carbons (Fsp3) is 0.133. The summed E-state index contributed by atoms with van der Waals surface area (Å²) in [5.41, 5.74) is 8.57. The molecule has 0 aliphatic heterocycles. The number of ketones is 1. The van der Waals surface area contributed by atoms with Crippen molar-refractivity contribution in [1.82, 2.24) is 0 Å². The van der Waals surface area contributed by atoms with Gasteiger partial charge in [-0.2, -0.15) is 0 Å². The van der Waals surface area contributed by atoms with Gasteiger partial charge in [0.25, 0.3) is 0 Å². The lowest BCUT2D eigenvalue weighted by molar-refractivity contribution is 0.103. The molecule has 0 unspecified atom stereocenters. The van der Waals surface area contributed by atoms with Crippen molar-refractivity contribution >= 4 is 27.4 Å². The number of rotatable bonds is 2. The predicted molar refractivity (Wildman–Crippen MR) is 77.9 cm³/mol. The summed E-state index contributed by atoms with van der Waals surface area (Å²) in [4.78, 5) is 12.4. The van der Waals surface area contributed by atoms with Gasteiger partial charge in [-0.05, 0) is 59.1 Å². The number of nitrogen functional groups attached to an aromatic ring is 1. The van der Waals surface area contributed by atoms with Crippen LogP contribution >= 0.6 is 15.9 Å².